The highest BCUT2D eigenvalue weighted by Crippen LogP contribution is 2.40. The molecule has 2 heteroatoms. The highest BCUT2D eigenvalue weighted by molar-refractivity contribution is 4.95. The predicted molar refractivity (Wildman–Crippen MR) is 92.8 cm³/mol. The van der Waals surface area contributed by atoms with E-state index in [1.54, 1.807) is 0 Å². The van der Waals surface area contributed by atoms with Gasteiger partial charge in [-0.3, -0.25) is 0 Å². The Kier molecular flexibility index (Phi) is 7.70. The van der Waals surface area contributed by atoms with Gasteiger partial charge in [0.1, 0.15) is 0 Å². The summed E-state index contributed by atoms with van der Waals surface area (Å²) in [5.41, 5.74) is 0.731. The maximum Gasteiger partial charge on any atom is 0.0705 e. The highest BCUT2D eigenvalue weighted by atomic mass is 16.5. The van der Waals surface area contributed by atoms with Crippen LogP contribution in [0, 0.1) is 11.8 Å². The van der Waals surface area contributed by atoms with E-state index < -0.39 is 0 Å². The number of ether oxygens (including phenoxy) is 1. The smallest absolute Gasteiger partial charge is 0.0705 e. The normalized spacial score (nSPS) is 39.1. The van der Waals surface area contributed by atoms with Crippen molar-refractivity contribution < 1.29 is 4.74 Å². The quantitative estimate of drug-likeness (QED) is 0.756. The summed E-state index contributed by atoms with van der Waals surface area (Å²) in [7, 11) is 2.10. The fourth-order valence-corrected chi connectivity index (χ4v) is 4.67. The van der Waals surface area contributed by atoms with E-state index >= 15 is 0 Å². The minimum Gasteiger partial charge on any atom is -0.375 e. The molecule has 21 heavy (non-hydrogen) atoms. The van der Waals surface area contributed by atoms with Crippen LogP contribution in [0.2, 0.25) is 0 Å². The standard InChI is InChI=1S/C10H20O.C9H19N/c1-4-10(11-5-2)8-6-7-9(10)3;1-4-9(10-3)7-5-6-8(9)2/h9H,4-8H2,1-3H3;8,10H,4-7H2,1-3H3. The van der Waals surface area contributed by atoms with Crippen LogP contribution in [0.5, 0.6) is 0 Å². The Morgan fingerprint density at radius 2 is 1.57 bits per heavy atom. The zero-order chi connectivity index (χ0) is 15.9. The molecule has 0 heterocycles. The largest absolute Gasteiger partial charge is 0.375 e. The van der Waals surface area contributed by atoms with Gasteiger partial charge in [-0.25, -0.2) is 0 Å². The third-order valence-corrected chi connectivity index (χ3v) is 6.50. The molecule has 0 amide bonds. The van der Waals surface area contributed by atoms with Crippen LogP contribution >= 0.6 is 0 Å². The summed E-state index contributed by atoms with van der Waals surface area (Å²) in [6.07, 6.45) is 10.7. The van der Waals surface area contributed by atoms with Crippen LogP contribution < -0.4 is 5.32 Å². The number of nitrogens with one attached hydrogen (secondary N) is 1. The number of rotatable bonds is 5. The third kappa shape index (κ3) is 4.22. The van der Waals surface area contributed by atoms with Crippen LogP contribution in [0.3, 0.4) is 0 Å². The molecule has 4 atom stereocenters. The Balaban J connectivity index is 0.000000211. The SMILES string of the molecule is CCC1(NC)CCCC1C.CCOC1(CC)CCCC1C. The van der Waals surface area contributed by atoms with E-state index in [2.05, 4.69) is 47.0 Å². The summed E-state index contributed by atoms with van der Waals surface area (Å²) < 4.78 is 5.85. The van der Waals surface area contributed by atoms with E-state index in [4.69, 9.17) is 4.74 Å². The van der Waals surface area contributed by atoms with Gasteiger partial charge in [0.05, 0.1) is 5.60 Å². The van der Waals surface area contributed by atoms with Crippen molar-refractivity contribution in [3.05, 3.63) is 0 Å². The molecule has 0 radical (unpaired) electrons. The van der Waals surface area contributed by atoms with E-state index in [0.29, 0.717) is 5.54 Å². The second kappa shape index (κ2) is 8.53. The lowest BCUT2D eigenvalue weighted by molar-refractivity contribution is -0.0649. The third-order valence-electron chi connectivity index (χ3n) is 6.50. The van der Waals surface area contributed by atoms with Gasteiger partial charge in [-0.05, 0) is 64.3 Å². The van der Waals surface area contributed by atoms with E-state index in [0.717, 1.165) is 18.4 Å². The lowest BCUT2D eigenvalue weighted by Crippen LogP contribution is -2.44. The molecule has 126 valence electrons. The molecule has 2 aliphatic carbocycles. The van der Waals surface area contributed by atoms with Gasteiger partial charge < -0.3 is 10.1 Å². The molecule has 0 spiro atoms. The number of hydrogen-bond acceptors (Lipinski definition) is 2. The Labute approximate surface area is 133 Å². The van der Waals surface area contributed by atoms with E-state index in [1.165, 1.54) is 51.4 Å². The fraction of sp³-hybridized carbons (Fsp3) is 1.00. The maximum absolute atomic E-state index is 5.85. The van der Waals surface area contributed by atoms with Crippen LogP contribution in [0.1, 0.15) is 86.0 Å². The molecule has 0 aromatic carbocycles. The summed E-state index contributed by atoms with van der Waals surface area (Å²) in [6, 6.07) is 0. The average Bonchev–Trinajstić information content (AvgIpc) is 3.04. The van der Waals surface area contributed by atoms with Crippen LogP contribution in [0.25, 0.3) is 0 Å². The molecule has 2 rings (SSSR count). The molecule has 2 saturated carbocycles. The fourth-order valence-electron chi connectivity index (χ4n) is 4.67. The molecule has 4 unspecified atom stereocenters. The van der Waals surface area contributed by atoms with Gasteiger partial charge in [-0.2, -0.15) is 0 Å². The lowest BCUT2D eigenvalue weighted by Gasteiger charge is -2.32. The maximum atomic E-state index is 5.85. The van der Waals surface area contributed by atoms with E-state index in [9.17, 15) is 0 Å². The number of hydrogen-bond donors (Lipinski definition) is 1. The van der Waals surface area contributed by atoms with Crippen LogP contribution in [0.4, 0.5) is 0 Å². The monoisotopic (exact) mass is 297 g/mol. The average molecular weight is 298 g/mol. The van der Waals surface area contributed by atoms with Crippen molar-refractivity contribution in [2.75, 3.05) is 13.7 Å². The van der Waals surface area contributed by atoms with Crippen LogP contribution in [-0.4, -0.2) is 24.8 Å². The summed E-state index contributed by atoms with van der Waals surface area (Å²) in [5.74, 6) is 1.65. The predicted octanol–water partition coefficient (Wildman–Crippen LogP) is 5.17. The molecule has 0 aliphatic heterocycles. The van der Waals surface area contributed by atoms with Crippen molar-refractivity contribution in [1.29, 1.82) is 0 Å². The minimum atomic E-state index is 0.245. The van der Waals surface area contributed by atoms with E-state index in [1.807, 2.05) is 0 Å². The van der Waals surface area contributed by atoms with Gasteiger partial charge in [-0.1, -0.05) is 40.5 Å². The molecular weight excluding hydrogens is 258 g/mol. The van der Waals surface area contributed by atoms with E-state index in [-0.39, 0.29) is 5.60 Å². The summed E-state index contributed by atoms with van der Waals surface area (Å²) in [5, 5.41) is 3.48. The first kappa shape index (κ1) is 19.0. The molecule has 0 aromatic heterocycles. The van der Waals surface area contributed by atoms with Crippen molar-refractivity contribution in [1.82, 2.24) is 5.32 Å². The first-order valence-electron chi connectivity index (χ1n) is 9.33. The van der Waals surface area contributed by atoms with Gasteiger partial charge >= 0.3 is 0 Å². The topological polar surface area (TPSA) is 21.3 Å². The molecule has 2 nitrogen and oxygen atoms in total. The van der Waals surface area contributed by atoms with Gasteiger partial charge in [0, 0.05) is 12.1 Å². The molecule has 0 saturated heterocycles. The van der Waals surface area contributed by atoms with Gasteiger partial charge in [0.25, 0.3) is 0 Å². The highest BCUT2D eigenvalue weighted by Gasteiger charge is 2.39. The molecule has 2 aliphatic rings. The van der Waals surface area contributed by atoms with Crippen molar-refractivity contribution in [2.24, 2.45) is 11.8 Å². The van der Waals surface area contributed by atoms with Gasteiger partial charge in [-0.15, -0.1) is 0 Å². The zero-order valence-electron chi connectivity index (χ0n) is 15.4. The van der Waals surface area contributed by atoms with Gasteiger partial charge in [0.15, 0.2) is 0 Å². The summed E-state index contributed by atoms with van der Waals surface area (Å²) >= 11 is 0. The van der Waals surface area contributed by atoms with Crippen molar-refractivity contribution in [3.8, 4) is 0 Å². The first-order valence-corrected chi connectivity index (χ1v) is 9.33. The van der Waals surface area contributed by atoms with Crippen molar-refractivity contribution in [2.45, 2.75) is 97.1 Å². The zero-order valence-corrected chi connectivity index (χ0v) is 15.4. The Morgan fingerprint density at radius 1 is 0.952 bits per heavy atom. The summed E-state index contributed by atoms with van der Waals surface area (Å²) in [4.78, 5) is 0. The molecular formula is C19H39NO. The lowest BCUT2D eigenvalue weighted by atomic mass is 9.86. The molecule has 1 N–H and O–H groups in total. The minimum absolute atomic E-state index is 0.245. The molecule has 0 bridgehead atoms. The second-order valence-corrected chi connectivity index (χ2v) is 7.20. The molecule has 2 fully saturated rings. The summed E-state index contributed by atoms with van der Waals surface area (Å²) in [6.45, 7) is 12.2. The Morgan fingerprint density at radius 3 is 1.86 bits per heavy atom. The second-order valence-electron chi connectivity index (χ2n) is 7.20. The van der Waals surface area contributed by atoms with Crippen LogP contribution in [0.15, 0.2) is 0 Å². The van der Waals surface area contributed by atoms with Gasteiger partial charge in [0.2, 0.25) is 0 Å². The van der Waals surface area contributed by atoms with Crippen molar-refractivity contribution >= 4 is 0 Å². The molecule has 0 aromatic rings. The van der Waals surface area contributed by atoms with Crippen molar-refractivity contribution in [3.63, 3.8) is 0 Å². The Bertz CT molecular complexity index is 287. The van der Waals surface area contributed by atoms with Crippen LogP contribution in [-0.2, 0) is 4.74 Å². The first-order chi connectivity index (χ1) is 10.00. The Hall–Kier alpha value is -0.0800.